The predicted octanol–water partition coefficient (Wildman–Crippen LogP) is 2.17. The second-order valence-corrected chi connectivity index (χ2v) is 6.04. The van der Waals surface area contributed by atoms with Crippen molar-refractivity contribution in [2.24, 2.45) is 0 Å². The topological polar surface area (TPSA) is 43.0 Å². The molecule has 24 heavy (non-hydrogen) atoms. The van der Waals surface area contributed by atoms with Crippen LogP contribution in [-0.4, -0.2) is 70.2 Å². The summed E-state index contributed by atoms with van der Waals surface area (Å²) in [4.78, 5) is 2.45. The lowest BCUT2D eigenvalue weighted by Crippen LogP contribution is -2.39. The Kier molecular flexibility index (Phi) is 9.80. The van der Waals surface area contributed by atoms with Crippen LogP contribution in [0.2, 0.25) is 0 Å². The summed E-state index contributed by atoms with van der Waals surface area (Å²) in [5.74, 6) is 0.949. The molecule has 1 fully saturated rings. The molecular weight excluding hydrogens is 304 g/mol. The van der Waals surface area contributed by atoms with Gasteiger partial charge in [-0.25, -0.2) is 0 Å². The molecular formula is C19H32N2O3. The minimum absolute atomic E-state index is 0.383. The first-order valence-electron chi connectivity index (χ1n) is 9.18. The molecule has 1 saturated heterocycles. The molecule has 0 saturated carbocycles. The highest BCUT2D eigenvalue weighted by atomic mass is 16.5. The van der Waals surface area contributed by atoms with E-state index < -0.39 is 0 Å². The lowest BCUT2D eigenvalue weighted by molar-refractivity contribution is -0.0229. The summed E-state index contributed by atoms with van der Waals surface area (Å²) < 4.78 is 17.2. The summed E-state index contributed by atoms with van der Waals surface area (Å²) in [6.07, 6.45) is 2.58. The molecule has 1 aliphatic heterocycles. The third kappa shape index (κ3) is 8.11. The van der Waals surface area contributed by atoms with Crippen molar-refractivity contribution < 1.29 is 14.2 Å². The number of likely N-dealkylation sites (tertiary alicyclic amines) is 1. The number of piperidine rings is 1. The van der Waals surface area contributed by atoms with E-state index in [4.69, 9.17) is 14.2 Å². The van der Waals surface area contributed by atoms with Crippen molar-refractivity contribution in [3.63, 3.8) is 0 Å². The van der Waals surface area contributed by atoms with Crippen LogP contribution >= 0.6 is 0 Å². The number of ether oxygens (including phenoxy) is 3. The molecule has 1 heterocycles. The molecule has 0 aliphatic carbocycles. The van der Waals surface area contributed by atoms with Crippen LogP contribution in [0.4, 0.5) is 0 Å². The molecule has 1 N–H and O–H groups in total. The number of hydrogen-bond acceptors (Lipinski definition) is 5. The average Bonchev–Trinajstić information content (AvgIpc) is 2.63. The summed E-state index contributed by atoms with van der Waals surface area (Å²) in [7, 11) is 0. The lowest BCUT2D eigenvalue weighted by atomic mass is 10.1. The third-order valence-corrected chi connectivity index (χ3v) is 4.21. The zero-order valence-electron chi connectivity index (χ0n) is 14.9. The average molecular weight is 336 g/mol. The van der Waals surface area contributed by atoms with Gasteiger partial charge in [-0.05, 0) is 31.5 Å². The van der Waals surface area contributed by atoms with Crippen LogP contribution in [0.15, 0.2) is 30.3 Å². The second-order valence-electron chi connectivity index (χ2n) is 6.04. The van der Waals surface area contributed by atoms with Gasteiger partial charge in [0, 0.05) is 26.2 Å². The highest BCUT2D eigenvalue weighted by Gasteiger charge is 2.19. The third-order valence-electron chi connectivity index (χ3n) is 4.21. The van der Waals surface area contributed by atoms with Gasteiger partial charge < -0.3 is 19.5 Å². The van der Waals surface area contributed by atoms with E-state index in [1.165, 1.54) is 0 Å². The van der Waals surface area contributed by atoms with E-state index in [1.54, 1.807) is 0 Å². The van der Waals surface area contributed by atoms with Gasteiger partial charge in [-0.15, -0.1) is 0 Å². The molecule has 0 amide bonds. The van der Waals surface area contributed by atoms with Crippen LogP contribution in [0.3, 0.4) is 0 Å². The quantitative estimate of drug-likeness (QED) is 0.593. The molecule has 0 atom stereocenters. The molecule has 0 aromatic heterocycles. The van der Waals surface area contributed by atoms with Crippen LogP contribution < -0.4 is 10.1 Å². The van der Waals surface area contributed by atoms with E-state index in [2.05, 4.69) is 17.1 Å². The van der Waals surface area contributed by atoms with Gasteiger partial charge in [0.15, 0.2) is 0 Å². The first-order valence-corrected chi connectivity index (χ1v) is 9.18. The fourth-order valence-corrected chi connectivity index (χ4v) is 2.81. The van der Waals surface area contributed by atoms with Gasteiger partial charge in [-0.3, -0.25) is 4.90 Å². The first kappa shape index (κ1) is 19.2. The maximum atomic E-state index is 5.91. The summed E-state index contributed by atoms with van der Waals surface area (Å²) in [5.41, 5.74) is 0. The van der Waals surface area contributed by atoms with Gasteiger partial charge >= 0.3 is 0 Å². The molecule has 5 nitrogen and oxygen atoms in total. The van der Waals surface area contributed by atoms with Crippen molar-refractivity contribution in [1.29, 1.82) is 0 Å². The number of para-hydroxylation sites is 1. The van der Waals surface area contributed by atoms with Gasteiger partial charge in [-0.1, -0.05) is 25.1 Å². The van der Waals surface area contributed by atoms with Gasteiger partial charge in [0.05, 0.1) is 25.9 Å². The number of likely N-dealkylation sites (N-methyl/N-ethyl adjacent to an activating group) is 1. The summed E-state index contributed by atoms with van der Waals surface area (Å²) in [6, 6.07) is 10.0. The Hall–Kier alpha value is -1.14. The zero-order valence-corrected chi connectivity index (χ0v) is 14.9. The Morgan fingerprint density at radius 1 is 1.04 bits per heavy atom. The van der Waals surface area contributed by atoms with Crippen LogP contribution in [0.25, 0.3) is 0 Å². The van der Waals surface area contributed by atoms with Crippen molar-refractivity contribution in [2.75, 3.05) is 59.2 Å². The van der Waals surface area contributed by atoms with E-state index in [0.717, 1.165) is 64.5 Å². The Morgan fingerprint density at radius 3 is 2.58 bits per heavy atom. The minimum atomic E-state index is 0.383. The molecule has 1 aromatic carbocycles. The summed E-state index contributed by atoms with van der Waals surface area (Å²) >= 11 is 0. The fourth-order valence-electron chi connectivity index (χ4n) is 2.81. The van der Waals surface area contributed by atoms with Crippen molar-refractivity contribution in [1.82, 2.24) is 10.2 Å². The van der Waals surface area contributed by atoms with Gasteiger partial charge in [-0.2, -0.15) is 0 Å². The summed E-state index contributed by atoms with van der Waals surface area (Å²) in [6.45, 7) is 10.1. The van der Waals surface area contributed by atoms with Gasteiger partial charge in [0.2, 0.25) is 0 Å². The predicted molar refractivity (Wildman–Crippen MR) is 96.7 cm³/mol. The second kappa shape index (κ2) is 12.3. The molecule has 1 aliphatic rings. The standard InChI is InChI=1S/C19H32N2O3/c1-2-20-10-14-22-16-17-24-19-8-11-21(12-9-19)13-15-23-18-6-4-3-5-7-18/h3-7,19-20H,2,8-17H2,1H3. The number of nitrogens with zero attached hydrogens (tertiary/aromatic N) is 1. The number of rotatable bonds is 12. The van der Waals surface area contributed by atoms with E-state index in [0.29, 0.717) is 19.3 Å². The van der Waals surface area contributed by atoms with Gasteiger partial charge in [0.1, 0.15) is 12.4 Å². The SMILES string of the molecule is CCNCCOCCOC1CCN(CCOc2ccccc2)CC1. The van der Waals surface area contributed by atoms with Gasteiger partial charge in [0.25, 0.3) is 0 Å². The number of hydrogen-bond donors (Lipinski definition) is 1. The monoisotopic (exact) mass is 336 g/mol. The maximum absolute atomic E-state index is 5.91. The van der Waals surface area contributed by atoms with Crippen LogP contribution in [-0.2, 0) is 9.47 Å². The first-order chi connectivity index (χ1) is 11.9. The van der Waals surface area contributed by atoms with Crippen LogP contribution in [0.5, 0.6) is 5.75 Å². The summed E-state index contributed by atoms with van der Waals surface area (Å²) in [5, 5.41) is 3.24. The Labute approximate surface area is 146 Å². The van der Waals surface area contributed by atoms with E-state index in [-0.39, 0.29) is 0 Å². The molecule has 5 heteroatoms. The van der Waals surface area contributed by atoms with E-state index >= 15 is 0 Å². The Morgan fingerprint density at radius 2 is 1.83 bits per heavy atom. The van der Waals surface area contributed by atoms with Crippen molar-refractivity contribution in [3.05, 3.63) is 30.3 Å². The normalized spacial score (nSPS) is 16.4. The van der Waals surface area contributed by atoms with Crippen LogP contribution in [0.1, 0.15) is 19.8 Å². The van der Waals surface area contributed by atoms with Crippen LogP contribution in [0, 0.1) is 0 Å². The highest BCUT2D eigenvalue weighted by Crippen LogP contribution is 2.14. The van der Waals surface area contributed by atoms with E-state index in [9.17, 15) is 0 Å². The largest absolute Gasteiger partial charge is 0.492 e. The number of nitrogens with one attached hydrogen (secondary N) is 1. The van der Waals surface area contributed by atoms with E-state index in [1.807, 2.05) is 30.3 Å². The Bertz CT molecular complexity index is 408. The Balaban J connectivity index is 1.45. The molecule has 0 unspecified atom stereocenters. The molecule has 0 spiro atoms. The lowest BCUT2D eigenvalue weighted by Gasteiger charge is -2.31. The smallest absolute Gasteiger partial charge is 0.119 e. The maximum Gasteiger partial charge on any atom is 0.119 e. The molecule has 136 valence electrons. The molecule has 0 bridgehead atoms. The zero-order chi connectivity index (χ0) is 16.9. The molecule has 0 radical (unpaired) electrons. The minimum Gasteiger partial charge on any atom is -0.492 e. The van der Waals surface area contributed by atoms with Crippen molar-refractivity contribution >= 4 is 0 Å². The molecule has 1 aromatic rings. The van der Waals surface area contributed by atoms with Crippen molar-refractivity contribution in [2.45, 2.75) is 25.9 Å². The molecule has 2 rings (SSSR count). The van der Waals surface area contributed by atoms with Crippen molar-refractivity contribution in [3.8, 4) is 5.75 Å². The number of benzene rings is 1. The fraction of sp³-hybridized carbons (Fsp3) is 0.684. The highest BCUT2D eigenvalue weighted by molar-refractivity contribution is 5.20.